The number of amides is 1. The van der Waals surface area contributed by atoms with E-state index in [4.69, 9.17) is 14.2 Å². The summed E-state index contributed by atoms with van der Waals surface area (Å²) in [5.74, 6) is 1.01. The monoisotopic (exact) mass is 484 g/mol. The summed E-state index contributed by atoms with van der Waals surface area (Å²) in [6, 6.07) is 20.4. The Morgan fingerprint density at radius 2 is 1.59 bits per heavy atom. The lowest BCUT2D eigenvalue weighted by Gasteiger charge is -2.25. The normalized spacial score (nSPS) is 10.9. The van der Waals surface area contributed by atoms with Crippen LogP contribution in [0.5, 0.6) is 17.2 Å². The summed E-state index contributed by atoms with van der Waals surface area (Å²) in [4.78, 5) is 12.8. The van der Waals surface area contributed by atoms with Crippen LogP contribution in [0.25, 0.3) is 0 Å². The third-order valence-electron chi connectivity index (χ3n) is 4.99. The third kappa shape index (κ3) is 6.20. The number of benzene rings is 3. The fourth-order valence-electron chi connectivity index (χ4n) is 3.19. The van der Waals surface area contributed by atoms with Crippen molar-refractivity contribution in [2.75, 3.05) is 38.2 Å². The number of hydrogen-bond acceptors (Lipinski definition) is 6. The second-order valence-electron chi connectivity index (χ2n) is 7.38. The molecule has 3 aromatic carbocycles. The maximum Gasteiger partial charge on any atom is 0.264 e. The number of methoxy groups -OCH3 is 2. The summed E-state index contributed by atoms with van der Waals surface area (Å²) < 4.78 is 44.2. The number of nitrogens with zero attached hydrogens (tertiary/aromatic N) is 1. The van der Waals surface area contributed by atoms with E-state index < -0.39 is 22.5 Å². The van der Waals surface area contributed by atoms with Gasteiger partial charge in [-0.2, -0.15) is 0 Å². The largest absolute Gasteiger partial charge is 0.493 e. The highest BCUT2D eigenvalue weighted by atomic mass is 32.2. The highest BCUT2D eigenvalue weighted by Gasteiger charge is 2.28. The Balaban J connectivity index is 1.80. The predicted octanol–water partition coefficient (Wildman–Crippen LogP) is 3.40. The summed E-state index contributed by atoms with van der Waals surface area (Å²) >= 11 is 0. The van der Waals surface area contributed by atoms with Gasteiger partial charge in [0.2, 0.25) is 5.91 Å². The van der Waals surface area contributed by atoms with Gasteiger partial charge in [0.25, 0.3) is 10.0 Å². The Bertz CT molecular complexity index is 1200. The lowest BCUT2D eigenvalue weighted by molar-refractivity contribution is -0.119. The molecule has 0 heterocycles. The number of aryl methyl sites for hydroxylation is 1. The van der Waals surface area contributed by atoms with Gasteiger partial charge in [-0.15, -0.1) is 0 Å². The molecule has 34 heavy (non-hydrogen) atoms. The van der Waals surface area contributed by atoms with E-state index in [1.165, 1.54) is 32.4 Å². The number of rotatable bonds is 11. The average Bonchev–Trinajstić information content (AvgIpc) is 2.85. The van der Waals surface area contributed by atoms with Crippen LogP contribution in [-0.2, 0) is 14.8 Å². The first-order chi connectivity index (χ1) is 16.3. The first-order valence-corrected chi connectivity index (χ1v) is 12.0. The Kier molecular flexibility index (Phi) is 8.37. The minimum absolute atomic E-state index is 0.0769. The van der Waals surface area contributed by atoms with Gasteiger partial charge in [-0.05, 0) is 43.3 Å². The minimum atomic E-state index is -4.04. The molecule has 3 rings (SSSR count). The summed E-state index contributed by atoms with van der Waals surface area (Å²) in [6.07, 6.45) is 0. The maximum absolute atomic E-state index is 13.5. The van der Waals surface area contributed by atoms with Crippen molar-refractivity contribution in [1.82, 2.24) is 5.32 Å². The van der Waals surface area contributed by atoms with Crippen molar-refractivity contribution in [1.29, 1.82) is 0 Å². The van der Waals surface area contributed by atoms with Crippen molar-refractivity contribution in [3.05, 3.63) is 78.4 Å². The minimum Gasteiger partial charge on any atom is -0.493 e. The smallest absolute Gasteiger partial charge is 0.264 e. The van der Waals surface area contributed by atoms with E-state index in [-0.39, 0.29) is 23.7 Å². The number of nitrogens with one attached hydrogen (secondary N) is 1. The van der Waals surface area contributed by atoms with E-state index in [9.17, 15) is 13.2 Å². The number of anilines is 1. The zero-order valence-electron chi connectivity index (χ0n) is 19.4. The predicted molar refractivity (Wildman–Crippen MR) is 130 cm³/mol. The molecule has 0 saturated carbocycles. The van der Waals surface area contributed by atoms with Gasteiger partial charge < -0.3 is 19.5 Å². The molecule has 0 radical (unpaired) electrons. The topological polar surface area (TPSA) is 94.2 Å². The molecule has 0 atom stereocenters. The van der Waals surface area contributed by atoms with Crippen LogP contribution < -0.4 is 23.8 Å². The molecular weight excluding hydrogens is 456 g/mol. The van der Waals surface area contributed by atoms with Crippen molar-refractivity contribution >= 4 is 21.6 Å². The first-order valence-electron chi connectivity index (χ1n) is 10.6. The van der Waals surface area contributed by atoms with Crippen molar-refractivity contribution in [2.24, 2.45) is 0 Å². The lowest BCUT2D eigenvalue weighted by atomic mass is 10.2. The third-order valence-corrected chi connectivity index (χ3v) is 6.78. The highest BCUT2D eigenvalue weighted by Crippen LogP contribution is 2.33. The molecule has 0 saturated heterocycles. The Hall–Kier alpha value is -3.72. The molecule has 0 spiro atoms. The van der Waals surface area contributed by atoms with Gasteiger partial charge in [-0.1, -0.05) is 35.9 Å². The molecule has 180 valence electrons. The molecule has 0 bridgehead atoms. The second-order valence-corrected chi connectivity index (χ2v) is 9.24. The van der Waals surface area contributed by atoms with Gasteiger partial charge in [-0.25, -0.2) is 8.42 Å². The van der Waals surface area contributed by atoms with Gasteiger partial charge in [-0.3, -0.25) is 9.10 Å². The molecule has 9 heteroatoms. The van der Waals surface area contributed by atoms with E-state index in [0.29, 0.717) is 17.2 Å². The van der Waals surface area contributed by atoms with Crippen LogP contribution in [0, 0.1) is 6.92 Å². The lowest BCUT2D eigenvalue weighted by Crippen LogP contribution is -2.42. The summed E-state index contributed by atoms with van der Waals surface area (Å²) in [6.45, 7) is 1.92. The van der Waals surface area contributed by atoms with Crippen LogP contribution in [-0.4, -0.2) is 48.2 Å². The van der Waals surface area contributed by atoms with Crippen molar-refractivity contribution in [3.63, 3.8) is 0 Å². The van der Waals surface area contributed by atoms with Gasteiger partial charge in [0, 0.05) is 6.07 Å². The van der Waals surface area contributed by atoms with Gasteiger partial charge in [0.15, 0.2) is 11.5 Å². The van der Waals surface area contributed by atoms with Crippen LogP contribution in [0.1, 0.15) is 5.56 Å². The summed E-state index contributed by atoms with van der Waals surface area (Å²) in [5.41, 5.74) is 1.20. The molecule has 1 amide bonds. The summed E-state index contributed by atoms with van der Waals surface area (Å²) in [7, 11) is -1.09. The molecule has 0 aromatic heterocycles. The summed E-state index contributed by atoms with van der Waals surface area (Å²) in [5, 5.41) is 2.71. The zero-order chi connectivity index (χ0) is 24.6. The Morgan fingerprint density at radius 1 is 0.912 bits per heavy atom. The molecule has 1 N–H and O–H groups in total. The van der Waals surface area contributed by atoms with Crippen LogP contribution in [0.3, 0.4) is 0 Å². The Labute approximate surface area is 200 Å². The SMILES string of the molecule is COc1ccc(N(CC(=O)NCCOc2ccccc2)S(=O)(=O)c2ccc(C)cc2)cc1OC. The van der Waals surface area contributed by atoms with E-state index in [2.05, 4.69) is 5.32 Å². The number of sulfonamides is 1. The molecule has 0 aliphatic rings. The van der Waals surface area contributed by atoms with Gasteiger partial charge in [0.1, 0.15) is 18.9 Å². The molecule has 0 aliphatic heterocycles. The van der Waals surface area contributed by atoms with Crippen LogP contribution in [0.2, 0.25) is 0 Å². The van der Waals surface area contributed by atoms with E-state index >= 15 is 0 Å². The molecule has 0 aliphatic carbocycles. The van der Waals surface area contributed by atoms with Crippen LogP contribution in [0.4, 0.5) is 5.69 Å². The standard InChI is InChI=1S/C25H28N2O6S/c1-19-9-12-22(13-10-19)34(29,30)27(20-11-14-23(31-2)24(17-20)32-3)18-25(28)26-15-16-33-21-7-5-4-6-8-21/h4-14,17H,15-16,18H2,1-3H3,(H,26,28). The first kappa shape index (κ1) is 24.9. The molecule has 0 unspecified atom stereocenters. The number of para-hydroxylation sites is 1. The fourth-order valence-corrected chi connectivity index (χ4v) is 4.61. The number of carbonyl (C=O) groups is 1. The fraction of sp³-hybridized carbons (Fsp3) is 0.240. The number of hydrogen-bond donors (Lipinski definition) is 1. The maximum atomic E-state index is 13.5. The van der Waals surface area contributed by atoms with E-state index in [0.717, 1.165) is 9.87 Å². The van der Waals surface area contributed by atoms with E-state index in [1.54, 1.807) is 24.3 Å². The molecular formula is C25H28N2O6S. The van der Waals surface area contributed by atoms with Gasteiger partial charge >= 0.3 is 0 Å². The highest BCUT2D eigenvalue weighted by molar-refractivity contribution is 7.92. The van der Waals surface area contributed by atoms with Crippen molar-refractivity contribution in [2.45, 2.75) is 11.8 Å². The Morgan fingerprint density at radius 3 is 2.24 bits per heavy atom. The van der Waals surface area contributed by atoms with Crippen LogP contribution >= 0.6 is 0 Å². The quantitative estimate of drug-likeness (QED) is 0.419. The molecule has 3 aromatic rings. The van der Waals surface area contributed by atoms with Gasteiger partial charge in [0.05, 0.1) is 31.3 Å². The van der Waals surface area contributed by atoms with E-state index in [1.807, 2.05) is 37.3 Å². The van der Waals surface area contributed by atoms with Crippen molar-refractivity contribution in [3.8, 4) is 17.2 Å². The average molecular weight is 485 g/mol. The van der Waals surface area contributed by atoms with Crippen LogP contribution in [0.15, 0.2) is 77.7 Å². The zero-order valence-corrected chi connectivity index (χ0v) is 20.2. The number of ether oxygens (including phenoxy) is 3. The number of carbonyl (C=O) groups excluding carboxylic acids is 1. The molecule has 8 nitrogen and oxygen atoms in total. The van der Waals surface area contributed by atoms with Crippen molar-refractivity contribution < 1.29 is 27.4 Å². The second kappa shape index (κ2) is 11.4. The molecule has 0 fully saturated rings.